The summed E-state index contributed by atoms with van der Waals surface area (Å²) in [4.78, 5) is 30.7. The SMILES string of the molecule is CC(=O)N(c1ccccc1)c1nc(COC(=O)Cc2coc3cc4c(cc23)CCC4)cs1. The van der Waals surface area contributed by atoms with E-state index in [1.54, 1.807) is 16.5 Å². The number of rotatable bonds is 6. The number of thiazole rings is 1. The minimum absolute atomic E-state index is 0.0566. The predicted octanol–water partition coefficient (Wildman–Crippen LogP) is 5.35. The van der Waals surface area contributed by atoms with Gasteiger partial charge in [0.2, 0.25) is 5.91 Å². The number of hydrogen-bond donors (Lipinski definition) is 0. The van der Waals surface area contributed by atoms with E-state index in [4.69, 9.17) is 9.15 Å². The van der Waals surface area contributed by atoms with E-state index in [0.717, 1.165) is 35.1 Å². The van der Waals surface area contributed by atoms with Crippen LogP contribution in [-0.2, 0) is 40.2 Å². The lowest BCUT2D eigenvalue weighted by Crippen LogP contribution is -2.22. The number of para-hydroxylation sites is 1. The van der Waals surface area contributed by atoms with Gasteiger partial charge in [0.05, 0.1) is 24.1 Å². The lowest BCUT2D eigenvalue weighted by molar-refractivity contribution is -0.144. The Kier molecular flexibility index (Phi) is 5.49. The monoisotopic (exact) mass is 446 g/mol. The molecule has 6 nitrogen and oxygen atoms in total. The minimum atomic E-state index is -0.339. The fourth-order valence-electron chi connectivity index (χ4n) is 4.12. The predicted molar refractivity (Wildman–Crippen MR) is 123 cm³/mol. The zero-order valence-corrected chi connectivity index (χ0v) is 18.5. The third-order valence-corrected chi connectivity index (χ3v) is 6.52. The van der Waals surface area contributed by atoms with Crippen LogP contribution in [0.2, 0.25) is 0 Å². The summed E-state index contributed by atoms with van der Waals surface area (Å²) in [5.41, 5.74) is 5.70. The molecule has 0 unspecified atom stereocenters. The fraction of sp³-hybridized carbons (Fsp3) is 0.240. The molecule has 0 radical (unpaired) electrons. The summed E-state index contributed by atoms with van der Waals surface area (Å²) >= 11 is 1.34. The Morgan fingerprint density at radius 1 is 1.16 bits per heavy atom. The summed E-state index contributed by atoms with van der Waals surface area (Å²) in [6, 6.07) is 13.6. The van der Waals surface area contributed by atoms with Crippen molar-refractivity contribution in [3.05, 3.63) is 76.5 Å². The second-order valence-electron chi connectivity index (χ2n) is 7.88. The molecule has 1 aliphatic rings. The second kappa shape index (κ2) is 8.59. The zero-order chi connectivity index (χ0) is 22.1. The number of carbonyl (C=O) groups is 2. The summed E-state index contributed by atoms with van der Waals surface area (Å²) in [7, 11) is 0. The molecule has 7 heteroatoms. The van der Waals surface area contributed by atoms with Crippen LogP contribution in [0.5, 0.6) is 0 Å². The molecule has 32 heavy (non-hydrogen) atoms. The van der Waals surface area contributed by atoms with Crippen molar-refractivity contribution in [3.8, 4) is 0 Å². The molecule has 2 aromatic carbocycles. The first-order valence-electron chi connectivity index (χ1n) is 10.6. The first-order chi connectivity index (χ1) is 15.6. The van der Waals surface area contributed by atoms with Gasteiger partial charge in [-0.25, -0.2) is 4.98 Å². The molecule has 0 N–H and O–H groups in total. The molecule has 162 valence electrons. The number of anilines is 2. The van der Waals surface area contributed by atoms with Crippen molar-refractivity contribution in [1.29, 1.82) is 0 Å². The normalized spacial score (nSPS) is 12.7. The molecule has 2 aromatic heterocycles. The molecule has 2 heterocycles. The summed E-state index contributed by atoms with van der Waals surface area (Å²) < 4.78 is 11.1. The molecular weight excluding hydrogens is 424 g/mol. The Hall–Kier alpha value is -3.45. The van der Waals surface area contributed by atoms with Crippen molar-refractivity contribution in [1.82, 2.24) is 4.98 Å². The lowest BCUT2D eigenvalue weighted by Gasteiger charge is -2.17. The number of ether oxygens (including phenoxy) is 1. The van der Waals surface area contributed by atoms with Crippen LogP contribution in [0.4, 0.5) is 10.8 Å². The molecule has 0 fully saturated rings. The van der Waals surface area contributed by atoms with Crippen molar-refractivity contribution in [2.45, 2.75) is 39.2 Å². The lowest BCUT2D eigenvalue weighted by atomic mass is 10.0. The Balaban J connectivity index is 1.25. The third kappa shape index (κ3) is 4.03. The molecule has 0 spiro atoms. The maximum Gasteiger partial charge on any atom is 0.310 e. The van der Waals surface area contributed by atoms with Crippen LogP contribution in [-0.4, -0.2) is 16.9 Å². The van der Waals surface area contributed by atoms with Gasteiger partial charge in [0.1, 0.15) is 12.2 Å². The van der Waals surface area contributed by atoms with Crippen LogP contribution in [0.15, 0.2) is 58.5 Å². The summed E-state index contributed by atoms with van der Waals surface area (Å²) in [6.07, 6.45) is 5.12. The minimum Gasteiger partial charge on any atom is -0.464 e. The summed E-state index contributed by atoms with van der Waals surface area (Å²) in [5, 5.41) is 3.33. The number of amides is 1. The zero-order valence-electron chi connectivity index (χ0n) is 17.7. The average Bonchev–Trinajstić information content (AvgIpc) is 3.52. The van der Waals surface area contributed by atoms with Crippen molar-refractivity contribution in [2.75, 3.05) is 4.90 Å². The number of aryl methyl sites for hydroxylation is 2. The highest BCUT2D eigenvalue weighted by Gasteiger charge is 2.19. The number of esters is 1. The van der Waals surface area contributed by atoms with Crippen molar-refractivity contribution < 1.29 is 18.7 Å². The van der Waals surface area contributed by atoms with Gasteiger partial charge in [0.25, 0.3) is 0 Å². The highest BCUT2D eigenvalue weighted by molar-refractivity contribution is 7.14. The van der Waals surface area contributed by atoms with Gasteiger partial charge in [-0.2, -0.15) is 0 Å². The highest BCUT2D eigenvalue weighted by Crippen LogP contribution is 2.31. The standard InChI is InChI=1S/C25H22N2O4S/c1-16(28)27(21-8-3-2-4-9-21)25-26-20(15-32-25)14-31-24(29)12-19-13-30-23-11-18-7-5-6-17(18)10-22(19)23/h2-4,8-11,13,15H,5-7,12,14H2,1H3. The Bertz CT molecular complexity index is 1290. The van der Waals surface area contributed by atoms with Gasteiger partial charge in [0, 0.05) is 23.3 Å². The number of benzene rings is 2. The van der Waals surface area contributed by atoms with Gasteiger partial charge in [-0.1, -0.05) is 18.2 Å². The molecule has 0 aliphatic heterocycles. The van der Waals surface area contributed by atoms with E-state index < -0.39 is 0 Å². The van der Waals surface area contributed by atoms with Gasteiger partial charge in [-0.3, -0.25) is 14.5 Å². The fourth-order valence-corrected chi connectivity index (χ4v) is 4.99. The molecular formula is C25H22N2O4S. The van der Waals surface area contributed by atoms with Gasteiger partial charge in [-0.05, 0) is 54.7 Å². The number of carbonyl (C=O) groups excluding carboxylic acids is 2. The van der Waals surface area contributed by atoms with E-state index in [-0.39, 0.29) is 24.9 Å². The van der Waals surface area contributed by atoms with Gasteiger partial charge < -0.3 is 9.15 Å². The Labute approximate surface area is 189 Å². The first-order valence-corrected chi connectivity index (χ1v) is 11.4. The van der Waals surface area contributed by atoms with E-state index in [1.807, 2.05) is 30.3 Å². The summed E-state index contributed by atoms with van der Waals surface area (Å²) in [5.74, 6) is -0.471. The van der Waals surface area contributed by atoms with Crippen LogP contribution in [0.1, 0.15) is 35.7 Å². The van der Waals surface area contributed by atoms with Crippen LogP contribution in [0.3, 0.4) is 0 Å². The second-order valence-corrected chi connectivity index (χ2v) is 8.72. The van der Waals surface area contributed by atoms with E-state index in [9.17, 15) is 9.59 Å². The van der Waals surface area contributed by atoms with Gasteiger partial charge >= 0.3 is 5.97 Å². The smallest absolute Gasteiger partial charge is 0.310 e. The first kappa shape index (κ1) is 20.5. The molecule has 1 aliphatic carbocycles. The van der Waals surface area contributed by atoms with E-state index in [2.05, 4.69) is 17.1 Å². The number of fused-ring (bicyclic) bond motifs is 2. The van der Waals surface area contributed by atoms with Crippen LogP contribution in [0.25, 0.3) is 11.0 Å². The van der Waals surface area contributed by atoms with Crippen LogP contribution in [0, 0.1) is 0 Å². The summed E-state index contributed by atoms with van der Waals surface area (Å²) in [6.45, 7) is 1.56. The molecule has 5 rings (SSSR count). The van der Waals surface area contributed by atoms with Crippen molar-refractivity contribution in [3.63, 3.8) is 0 Å². The number of furan rings is 1. The molecule has 0 saturated carbocycles. The Morgan fingerprint density at radius 2 is 1.94 bits per heavy atom. The molecule has 0 bridgehead atoms. The van der Waals surface area contributed by atoms with Crippen LogP contribution < -0.4 is 4.90 Å². The quantitative estimate of drug-likeness (QED) is 0.374. The maximum atomic E-state index is 12.5. The number of hydrogen-bond acceptors (Lipinski definition) is 6. The number of nitrogens with zero attached hydrogens (tertiary/aromatic N) is 2. The van der Waals surface area contributed by atoms with Crippen molar-refractivity contribution in [2.24, 2.45) is 0 Å². The number of aromatic nitrogens is 1. The van der Waals surface area contributed by atoms with E-state index >= 15 is 0 Å². The maximum absolute atomic E-state index is 12.5. The molecule has 4 aromatic rings. The molecule has 1 amide bonds. The van der Waals surface area contributed by atoms with E-state index in [0.29, 0.717) is 10.8 Å². The molecule has 0 saturated heterocycles. The Morgan fingerprint density at radius 3 is 2.72 bits per heavy atom. The van der Waals surface area contributed by atoms with Crippen molar-refractivity contribution >= 4 is 45.0 Å². The largest absolute Gasteiger partial charge is 0.464 e. The third-order valence-electron chi connectivity index (χ3n) is 5.64. The van der Waals surface area contributed by atoms with E-state index in [1.165, 1.54) is 35.8 Å². The topological polar surface area (TPSA) is 72.6 Å². The average molecular weight is 447 g/mol. The van der Waals surface area contributed by atoms with Gasteiger partial charge in [0.15, 0.2) is 5.13 Å². The molecule has 0 atom stereocenters. The van der Waals surface area contributed by atoms with Crippen LogP contribution >= 0.6 is 11.3 Å². The highest BCUT2D eigenvalue weighted by atomic mass is 32.1. The van der Waals surface area contributed by atoms with Gasteiger partial charge in [-0.15, -0.1) is 11.3 Å².